The summed E-state index contributed by atoms with van der Waals surface area (Å²) in [4.78, 5) is 1.43. The van der Waals surface area contributed by atoms with Crippen LogP contribution < -0.4 is 0 Å². The van der Waals surface area contributed by atoms with Gasteiger partial charge in [-0.15, -0.1) is 11.8 Å². The van der Waals surface area contributed by atoms with Gasteiger partial charge < -0.3 is 0 Å². The van der Waals surface area contributed by atoms with Crippen molar-refractivity contribution in [3.8, 4) is 22.3 Å². The Bertz CT molecular complexity index is 1890. The van der Waals surface area contributed by atoms with Crippen LogP contribution in [0.15, 0.2) is 138 Å². The van der Waals surface area contributed by atoms with Crippen LogP contribution in [0.25, 0.3) is 54.6 Å². The van der Waals surface area contributed by atoms with Crippen LogP contribution in [0.2, 0.25) is 0 Å². The van der Waals surface area contributed by atoms with Crippen molar-refractivity contribution in [2.75, 3.05) is 0 Å². The predicted octanol–water partition coefficient (Wildman–Crippen LogP) is 10.2. The molecule has 2 unspecified atom stereocenters. The molecule has 1 heterocycles. The molecule has 0 fully saturated rings. The van der Waals surface area contributed by atoms with Crippen molar-refractivity contribution in [2.45, 2.75) is 16.1 Å². The first-order valence-corrected chi connectivity index (χ1v) is 13.8. The van der Waals surface area contributed by atoms with Crippen LogP contribution >= 0.6 is 11.8 Å². The topological polar surface area (TPSA) is 0 Å². The van der Waals surface area contributed by atoms with E-state index in [4.69, 9.17) is 0 Å². The Morgan fingerprint density at radius 1 is 0.459 bits per heavy atom. The van der Waals surface area contributed by atoms with Crippen LogP contribution in [0.3, 0.4) is 0 Å². The highest BCUT2D eigenvalue weighted by Gasteiger charge is 2.32. The number of hydrogen-bond acceptors (Lipinski definition) is 1. The third-order valence-corrected chi connectivity index (χ3v) is 9.41. The van der Waals surface area contributed by atoms with E-state index >= 15 is 0 Å². The van der Waals surface area contributed by atoms with Gasteiger partial charge in [-0.3, -0.25) is 0 Å². The molecule has 2 atom stereocenters. The molecular weight excluding hydrogens is 464 g/mol. The highest BCUT2D eigenvalue weighted by atomic mass is 32.2. The molecule has 174 valence electrons. The Balaban J connectivity index is 1.29. The lowest BCUT2D eigenvalue weighted by Gasteiger charge is -2.14. The number of fused-ring (bicyclic) bond motifs is 9. The number of hydrogen-bond donors (Lipinski definition) is 0. The van der Waals surface area contributed by atoms with Gasteiger partial charge >= 0.3 is 0 Å². The second kappa shape index (κ2) is 8.23. The second-order valence-corrected chi connectivity index (χ2v) is 11.2. The zero-order valence-electron chi connectivity index (χ0n) is 20.3. The number of thioether (sulfide) groups is 1. The van der Waals surface area contributed by atoms with Crippen molar-refractivity contribution in [1.29, 1.82) is 0 Å². The summed E-state index contributed by atoms with van der Waals surface area (Å²) in [5, 5.41) is 8.41. The lowest BCUT2D eigenvalue weighted by atomic mass is 9.89. The summed E-state index contributed by atoms with van der Waals surface area (Å²) in [7, 11) is 0. The van der Waals surface area contributed by atoms with Crippen LogP contribution in [0, 0.1) is 0 Å². The first-order valence-electron chi connectivity index (χ1n) is 12.9. The zero-order valence-corrected chi connectivity index (χ0v) is 21.1. The van der Waals surface area contributed by atoms with Gasteiger partial charge in [0.25, 0.3) is 0 Å². The number of rotatable bonds is 2. The fourth-order valence-corrected chi connectivity index (χ4v) is 7.72. The van der Waals surface area contributed by atoms with E-state index in [1.165, 1.54) is 65.0 Å². The van der Waals surface area contributed by atoms with Crippen LogP contribution in [-0.4, -0.2) is 5.25 Å². The molecule has 0 radical (unpaired) electrons. The second-order valence-electron chi connectivity index (χ2n) is 10.0. The van der Waals surface area contributed by atoms with E-state index in [9.17, 15) is 0 Å². The number of allylic oxidation sites excluding steroid dienone is 3. The van der Waals surface area contributed by atoms with Crippen molar-refractivity contribution in [1.82, 2.24) is 0 Å². The summed E-state index contributed by atoms with van der Waals surface area (Å²) in [5.74, 6) is 0.483. The first kappa shape index (κ1) is 21.1. The Labute approximate surface area is 221 Å². The first-order chi connectivity index (χ1) is 18.3. The molecule has 2 aliphatic rings. The normalized spacial score (nSPS) is 17.9. The van der Waals surface area contributed by atoms with Crippen molar-refractivity contribution < 1.29 is 0 Å². The lowest BCUT2D eigenvalue weighted by Crippen LogP contribution is -2.06. The Kier molecular flexibility index (Phi) is 4.68. The van der Waals surface area contributed by atoms with Crippen molar-refractivity contribution >= 4 is 44.1 Å². The molecule has 0 spiro atoms. The van der Waals surface area contributed by atoms with Gasteiger partial charge in [-0.2, -0.15) is 0 Å². The summed E-state index contributed by atoms with van der Waals surface area (Å²) in [6.07, 6.45) is 9.08. The maximum atomic E-state index is 2.39. The van der Waals surface area contributed by atoms with Crippen molar-refractivity contribution in [2.24, 2.45) is 0 Å². The fourth-order valence-electron chi connectivity index (χ4n) is 6.25. The summed E-state index contributed by atoms with van der Waals surface area (Å²) < 4.78 is 0. The maximum Gasteiger partial charge on any atom is 0.0381 e. The fraction of sp³-hybridized carbons (Fsp3) is 0.0556. The molecule has 1 heteroatoms. The van der Waals surface area contributed by atoms with Crippen molar-refractivity contribution in [3.05, 3.63) is 139 Å². The van der Waals surface area contributed by atoms with Gasteiger partial charge in [0.2, 0.25) is 0 Å². The molecule has 0 aromatic heterocycles. The monoisotopic (exact) mass is 488 g/mol. The minimum absolute atomic E-state index is 0.483. The van der Waals surface area contributed by atoms with E-state index in [1.807, 2.05) is 11.8 Å². The summed E-state index contributed by atoms with van der Waals surface area (Å²) in [5.41, 5.74) is 6.61. The molecule has 1 aliphatic heterocycles. The predicted molar refractivity (Wildman–Crippen MR) is 160 cm³/mol. The van der Waals surface area contributed by atoms with Crippen LogP contribution in [0.4, 0.5) is 0 Å². The van der Waals surface area contributed by atoms with Crippen LogP contribution in [0.5, 0.6) is 0 Å². The van der Waals surface area contributed by atoms with Crippen LogP contribution in [0.1, 0.15) is 11.5 Å². The average Bonchev–Trinajstić information content (AvgIpc) is 3.36. The SMILES string of the molecule is C1=CC2Sc3c(-c4cccc(-c5ccc6c7ccccc7c7ccccc7c6c5)c4)cccc3C2C=C1. The molecule has 0 nitrogen and oxygen atoms in total. The summed E-state index contributed by atoms with van der Waals surface area (Å²) in [6.45, 7) is 0. The highest BCUT2D eigenvalue weighted by Crippen LogP contribution is 2.51. The largest absolute Gasteiger partial charge is 0.117 e. The van der Waals surface area contributed by atoms with Gasteiger partial charge in [-0.1, -0.05) is 121 Å². The molecule has 0 N–H and O–H groups in total. The molecule has 37 heavy (non-hydrogen) atoms. The summed E-state index contributed by atoms with van der Waals surface area (Å²) >= 11 is 2.01. The maximum absolute atomic E-state index is 2.39. The van der Waals surface area contributed by atoms with Gasteiger partial charge in [-0.25, -0.2) is 0 Å². The molecule has 6 aromatic carbocycles. The minimum Gasteiger partial charge on any atom is -0.117 e. The third kappa shape index (κ3) is 3.24. The Morgan fingerprint density at radius 3 is 1.86 bits per heavy atom. The van der Waals surface area contributed by atoms with Gasteiger partial charge in [0.15, 0.2) is 0 Å². The standard InChI is InChI=1S/C36H24S/c1-2-13-29-27(11-1)28-12-3-4-14-30(28)34-22-24(19-20-31(29)34)23-9-7-10-25(21-23)26-16-8-17-33-32-15-5-6-18-35(32)37-36(26)33/h1-22,32,35H. The average molecular weight is 489 g/mol. The van der Waals surface area contributed by atoms with Crippen molar-refractivity contribution in [3.63, 3.8) is 0 Å². The van der Waals surface area contributed by atoms with E-state index in [0.29, 0.717) is 11.2 Å². The Hall–Kier alpha value is -4.07. The lowest BCUT2D eigenvalue weighted by molar-refractivity contribution is 0.881. The smallest absolute Gasteiger partial charge is 0.0381 e. The quantitative estimate of drug-likeness (QED) is 0.218. The van der Waals surface area contributed by atoms with E-state index in [0.717, 1.165) is 0 Å². The van der Waals surface area contributed by atoms with Gasteiger partial charge in [0.05, 0.1) is 0 Å². The van der Waals surface area contributed by atoms with Gasteiger partial charge in [0.1, 0.15) is 0 Å². The van der Waals surface area contributed by atoms with E-state index < -0.39 is 0 Å². The van der Waals surface area contributed by atoms with Gasteiger partial charge in [0, 0.05) is 16.1 Å². The third-order valence-electron chi connectivity index (χ3n) is 7.99. The molecule has 8 rings (SSSR count). The molecule has 1 aliphatic carbocycles. The molecule has 0 amide bonds. The molecule has 6 aromatic rings. The molecule has 0 saturated carbocycles. The zero-order chi connectivity index (χ0) is 24.3. The minimum atomic E-state index is 0.483. The summed E-state index contributed by atoms with van der Waals surface area (Å²) in [6, 6.07) is 40.5. The van der Waals surface area contributed by atoms with E-state index in [1.54, 1.807) is 0 Å². The molecular formula is C36H24S. The molecule has 0 bridgehead atoms. The Morgan fingerprint density at radius 2 is 1.08 bits per heavy atom. The molecule has 0 saturated heterocycles. The number of benzene rings is 6. The van der Waals surface area contributed by atoms with E-state index in [2.05, 4.69) is 133 Å². The van der Waals surface area contributed by atoms with Gasteiger partial charge in [-0.05, 0) is 72.3 Å². The highest BCUT2D eigenvalue weighted by molar-refractivity contribution is 8.00. The van der Waals surface area contributed by atoms with Crippen LogP contribution in [-0.2, 0) is 0 Å². The van der Waals surface area contributed by atoms with E-state index in [-0.39, 0.29) is 0 Å².